The van der Waals surface area contributed by atoms with Gasteiger partial charge in [-0.3, -0.25) is 0 Å². The third-order valence-electron chi connectivity index (χ3n) is 0. The van der Waals surface area contributed by atoms with Crippen LogP contribution >= 0.6 is 0 Å². The van der Waals surface area contributed by atoms with E-state index in [0.717, 1.165) is 0 Å². The Hall–Kier alpha value is 3.88. The summed E-state index contributed by atoms with van der Waals surface area (Å²) in [6, 6.07) is 0. The van der Waals surface area contributed by atoms with Crippen molar-refractivity contribution in [3.63, 3.8) is 0 Å². The molecule has 0 nitrogen and oxygen atoms in total. The van der Waals surface area contributed by atoms with Gasteiger partial charge in [0.1, 0.15) is 0 Å². The van der Waals surface area contributed by atoms with Crippen LogP contribution in [0.4, 0.5) is 0 Å². The van der Waals surface area contributed by atoms with E-state index >= 15 is 0 Å². The van der Waals surface area contributed by atoms with Crippen molar-refractivity contribution in [1.29, 1.82) is 0 Å². The van der Waals surface area contributed by atoms with Gasteiger partial charge in [0.05, 0.1) is 0 Å². The zero-order chi connectivity index (χ0) is 0. The Morgan fingerprint density at radius 3 is 1.00 bits per heavy atom. The van der Waals surface area contributed by atoms with Gasteiger partial charge in [-0.2, -0.15) is 0 Å². The van der Waals surface area contributed by atoms with Gasteiger partial charge in [-0.15, -0.1) is 0 Å². The van der Waals surface area contributed by atoms with Crippen molar-refractivity contribution in [2.75, 3.05) is 0 Å². The molecule has 0 aromatic carbocycles. The molecule has 0 aromatic heterocycles. The monoisotopic (exact) mass is 226 g/mol. The van der Waals surface area contributed by atoms with Crippen LogP contribution in [0.3, 0.4) is 0 Å². The first kappa shape index (κ1) is 51.7. The Morgan fingerprint density at radius 2 is 1.00 bits per heavy atom. The molecule has 0 unspecified atom stereocenters. The molecule has 0 N–H and O–H groups in total. The summed E-state index contributed by atoms with van der Waals surface area (Å²) in [6.07, 6.45) is 0. The van der Waals surface area contributed by atoms with E-state index in [-0.39, 0.29) is 122 Å². The summed E-state index contributed by atoms with van der Waals surface area (Å²) in [6.45, 7) is 0. The van der Waals surface area contributed by atoms with Crippen LogP contribution in [0, 0.1) is 0 Å². The van der Waals surface area contributed by atoms with Gasteiger partial charge in [-0.05, 0) is 0 Å². The van der Waals surface area contributed by atoms with Crippen LogP contribution in [-0.4, -0.2) is 71.5 Å². The minimum Gasteiger partial charge on any atom is 0 e. The summed E-state index contributed by atoms with van der Waals surface area (Å²) in [5.41, 5.74) is 0. The Bertz CT molecular complexity index is 15.5. The van der Waals surface area contributed by atoms with Gasteiger partial charge >= 0.3 is 0 Å². The predicted molar refractivity (Wildman–Crippen MR) is 17.3 cm³/mol. The average Bonchev–Trinajstić information content (AvgIpc) is 0. The molecule has 6 heavy (non-hydrogen) atoms. The third kappa shape index (κ3) is 24.8. The number of rotatable bonds is 0. The zero-order valence-corrected chi connectivity index (χ0v) is 10.4. The van der Waals surface area contributed by atoms with Crippen molar-refractivity contribution in [3.05, 3.63) is 0 Å². The summed E-state index contributed by atoms with van der Waals surface area (Å²) in [5.74, 6) is 0. The van der Waals surface area contributed by atoms with E-state index in [1.54, 1.807) is 0 Å². The summed E-state index contributed by atoms with van der Waals surface area (Å²) < 4.78 is 0. The van der Waals surface area contributed by atoms with Crippen molar-refractivity contribution >= 4 is 71.5 Å². The average molecular weight is 227 g/mol. The van der Waals surface area contributed by atoms with E-state index in [1.165, 1.54) is 0 Å². The molecule has 0 fully saturated rings. The summed E-state index contributed by atoms with van der Waals surface area (Å²) in [7, 11) is 0. The second kappa shape index (κ2) is 36.6. The Morgan fingerprint density at radius 1 is 1.00 bits per heavy atom. The predicted octanol–water partition coefficient (Wildman–Crippen LogP) is -1.15. The van der Waals surface area contributed by atoms with E-state index in [1.807, 2.05) is 0 Å². The van der Waals surface area contributed by atoms with Crippen LogP contribution in [0.5, 0.6) is 0 Å². The maximum absolute atomic E-state index is 0. The van der Waals surface area contributed by atoms with Crippen LogP contribution in [-0.2, 0) is 50.3 Å². The standard InChI is InChI=1S/Co.Li.Mg.Mn.Na.Ni. The molecular weight excluding hydrogens is 227 g/mol. The van der Waals surface area contributed by atoms with Crippen LogP contribution in [0.15, 0.2) is 0 Å². The molecule has 0 bridgehead atoms. The fourth-order valence-electron chi connectivity index (χ4n) is 0. The minimum atomic E-state index is 0. The van der Waals surface area contributed by atoms with Gasteiger partial charge in [-0.25, -0.2) is 0 Å². The third-order valence-corrected chi connectivity index (χ3v) is 0. The molecule has 0 aliphatic heterocycles. The number of hydrogen-bond donors (Lipinski definition) is 0. The molecule has 0 saturated carbocycles. The van der Waals surface area contributed by atoms with Crippen molar-refractivity contribution in [3.8, 4) is 0 Å². The molecule has 0 aliphatic rings. The second-order valence-electron chi connectivity index (χ2n) is 0. The van der Waals surface area contributed by atoms with Gasteiger partial charge in [0.15, 0.2) is 0 Å². The van der Waals surface area contributed by atoms with Crippen molar-refractivity contribution < 1.29 is 50.3 Å². The first-order chi connectivity index (χ1) is 0. The first-order valence-corrected chi connectivity index (χ1v) is 0. The molecule has 30 valence electrons. The molecule has 0 heterocycles. The molecule has 0 saturated heterocycles. The van der Waals surface area contributed by atoms with E-state index in [9.17, 15) is 0 Å². The molecule has 6 heteroatoms. The zero-order valence-electron chi connectivity index (χ0n) is 3.73. The molecule has 0 aromatic rings. The van der Waals surface area contributed by atoms with E-state index in [2.05, 4.69) is 0 Å². The van der Waals surface area contributed by atoms with E-state index in [4.69, 9.17) is 0 Å². The summed E-state index contributed by atoms with van der Waals surface area (Å²) >= 11 is 0. The molecular formula is CoLiMgMnNaNi. The fraction of sp³-hybridized carbons (Fsp3) is 0. The molecule has 6 radical (unpaired) electrons. The van der Waals surface area contributed by atoms with Crippen molar-refractivity contribution in [1.82, 2.24) is 0 Å². The van der Waals surface area contributed by atoms with Crippen LogP contribution in [0.25, 0.3) is 0 Å². The van der Waals surface area contributed by atoms with Crippen LogP contribution < -0.4 is 0 Å². The van der Waals surface area contributed by atoms with Gasteiger partial charge in [0.25, 0.3) is 0 Å². The van der Waals surface area contributed by atoms with Gasteiger partial charge in [-0.1, -0.05) is 0 Å². The molecule has 0 amide bonds. The first-order valence-electron chi connectivity index (χ1n) is 0. The summed E-state index contributed by atoms with van der Waals surface area (Å²) in [5, 5.41) is 0. The van der Waals surface area contributed by atoms with Gasteiger partial charge in [0.2, 0.25) is 0 Å². The smallest absolute Gasteiger partial charge is 0 e. The SMILES string of the molecule is [Co].[Li].[Mg].[Mn].[Na].[Ni]. The molecule has 0 atom stereocenters. The quantitative estimate of drug-likeness (QED) is 0.458. The van der Waals surface area contributed by atoms with Gasteiger partial charge < -0.3 is 0 Å². The maximum atomic E-state index is 0. The Kier molecular flexibility index (Phi) is 316. The molecule has 0 rings (SSSR count). The molecule has 0 spiro atoms. The van der Waals surface area contributed by atoms with Crippen LogP contribution in [0.2, 0.25) is 0 Å². The molecule has 0 aliphatic carbocycles. The van der Waals surface area contributed by atoms with Crippen molar-refractivity contribution in [2.24, 2.45) is 0 Å². The largest absolute Gasteiger partial charge is 0 e. The Balaban J connectivity index is 0. The van der Waals surface area contributed by atoms with Gasteiger partial charge in [0, 0.05) is 122 Å². The number of hydrogen-bond acceptors (Lipinski definition) is 0. The minimum absolute atomic E-state index is 0. The van der Waals surface area contributed by atoms with Crippen molar-refractivity contribution in [2.45, 2.75) is 0 Å². The van der Waals surface area contributed by atoms with E-state index < -0.39 is 0 Å². The Labute approximate surface area is 119 Å². The topological polar surface area (TPSA) is 0 Å². The summed E-state index contributed by atoms with van der Waals surface area (Å²) in [4.78, 5) is 0. The normalized spacial score (nSPS) is 0. The van der Waals surface area contributed by atoms with Crippen LogP contribution in [0.1, 0.15) is 0 Å². The van der Waals surface area contributed by atoms with E-state index in [0.29, 0.717) is 0 Å². The fourth-order valence-corrected chi connectivity index (χ4v) is 0. The maximum Gasteiger partial charge on any atom is 0 e. The second-order valence-corrected chi connectivity index (χ2v) is 0.